The smallest absolute Gasteiger partial charge is 0.269 e. The number of carbonyl (C=O) groups excluding carboxylic acids is 1. The van der Waals surface area contributed by atoms with E-state index in [-0.39, 0.29) is 34.9 Å². The molecule has 0 aliphatic heterocycles. The third kappa shape index (κ3) is 3.44. The van der Waals surface area contributed by atoms with Gasteiger partial charge >= 0.3 is 0 Å². The average molecular weight is 329 g/mol. The van der Waals surface area contributed by atoms with Crippen molar-refractivity contribution in [2.75, 3.05) is 0 Å². The first-order valence-corrected chi connectivity index (χ1v) is 5.71. The number of benzene rings is 1. The average Bonchev–Trinajstić information content (AvgIpc) is 2.82. The molecule has 0 bridgehead atoms. The van der Waals surface area contributed by atoms with Crippen LogP contribution in [-0.2, 0) is 6.42 Å². The van der Waals surface area contributed by atoms with Crippen molar-refractivity contribution in [3.05, 3.63) is 56.5 Å². The van der Waals surface area contributed by atoms with Gasteiger partial charge in [0.2, 0.25) is 0 Å². The fraction of sp³-hybridized carbons (Fsp3) is 0.0909. The number of Topliss-reactive ketones (excluding diaryl/α,β-unsaturated/α-hetero) is 1. The summed E-state index contributed by atoms with van der Waals surface area (Å²) in [5, 5.41) is 13.0. The van der Waals surface area contributed by atoms with E-state index in [1.165, 1.54) is 35.6 Å². The zero-order valence-electron chi connectivity index (χ0n) is 9.11. The summed E-state index contributed by atoms with van der Waals surface area (Å²) in [5.41, 5.74) is 0.446. The van der Waals surface area contributed by atoms with Crippen LogP contribution in [-0.4, -0.2) is 15.7 Å². The molecule has 0 saturated carbocycles. The standard InChI is InChI=1S/C11H8N2O3S.BrH/c14-10(7-11-12-5-6-17-11)8-1-3-9(4-2-8)13(15)16;/h1-6H,7H2;1H. The monoisotopic (exact) mass is 328 g/mol. The van der Waals surface area contributed by atoms with Crippen LogP contribution in [0.2, 0.25) is 0 Å². The summed E-state index contributed by atoms with van der Waals surface area (Å²) in [7, 11) is 0. The Morgan fingerprint density at radius 1 is 1.33 bits per heavy atom. The molecule has 0 aliphatic carbocycles. The maximum atomic E-state index is 11.8. The topological polar surface area (TPSA) is 73.1 Å². The Morgan fingerprint density at radius 3 is 2.50 bits per heavy atom. The summed E-state index contributed by atoms with van der Waals surface area (Å²) in [6.45, 7) is 0. The molecule has 1 aromatic heterocycles. The molecular formula is C11H9BrN2O3S. The molecule has 0 aliphatic rings. The van der Waals surface area contributed by atoms with Crippen molar-refractivity contribution in [1.82, 2.24) is 4.98 Å². The number of nitro groups is 1. The van der Waals surface area contributed by atoms with Crippen LogP contribution in [0.3, 0.4) is 0 Å². The molecule has 2 rings (SSSR count). The van der Waals surface area contributed by atoms with Crippen molar-refractivity contribution < 1.29 is 9.72 Å². The lowest BCUT2D eigenvalue weighted by molar-refractivity contribution is -0.384. The SMILES string of the molecule is Br.O=C(Cc1nccs1)c1ccc([N+](=O)[O-])cc1. The van der Waals surface area contributed by atoms with Crippen LogP contribution >= 0.6 is 28.3 Å². The molecule has 1 heterocycles. The first kappa shape index (κ1) is 14.5. The van der Waals surface area contributed by atoms with E-state index < -0.39 is 4.92 Å². The number of hydrogen-bond acceptors (Lipinski definition) is 5. The number of nitro benzene ring substituents is 1. The molecule has 0 atom stereocenters. The van der Waals surface area contributed by atoms with Crippen LogP contribution < -0.4 is 0 Å². The molecule has 1 aromatic carbocycles. The van der Waals surface area contributed by atoms with E-state index in [9.17, 15) is 14.9 Å². The second kappa shape index (κ2) is 6.36. The predicted molar refractivity (Wildman–Crippen MR) is 73.6 cm³/mol. The third-order valence-electron chi connectivity index (χ3n) is 2.20. The highest BCUT2D eigenvalue weighted by Gasteiger charge is 2.11. The first-order chi connectivity index (χ1) is 8.16. The minimum absolute atomic E-state index is 0. The van der Waals surface area contributed by atoms with E-state index in [0.29, 0.717) is 5.56 Å². The lowest BCUT2D eigenvalue weighted by Crippen LogP contribution is -2.03. The molecule has 0 spiro atoms. The quantitative estimate of drug-likeness (QED) is 0.491. The van der Waals surface area contributed by atoms with E-state index in [0.717, 1.165) is 5.01 Å². The van der Waals surface area contributed by atoms with Crippen LogP contribution in [0.5, 0.6) is 0 Å². The van der Waals surface area contributed by atoms with Crippen molar-refractivity contribution in [3.8, 4) is 0 Å². The first-order valence-electron chi connectivity index (χ1n) is 4.83. The Kier molecular flexibility index (Phi) is 5.11. The number of aromatic nitrogens is 1. The fourth-order valence-corrected chi connectivity index (χ4v) is 1.96. The molecule has 5 nitrogen and oxygen atoms in total. The van der Waals surface area contributed by atoms with Crippen LogP contribution in [0.15, 0.2) is 35.8 Å². The van der Waals surface area contributed by atoms with Crippen LogP contribution in [0.1, 0.15) is 15.4 Å². The second-order valence-electron chi connectivity index (χ2n) is 3.33. The number of nitrogens with zero attached hydrogens (tertiary/aromatic N) is 2. The van der Waals surface area contributed by atoms with Crippen molar-refractivity contribution in [2.45, 2.75) is 6.42 Å². The van der Waals surface area contributed by atoms with Crippen molar-refractivity contribution in [3.63, 3.8) is 0 Å². The Bertz CT molecular complexity index is 540. The number of rotatable bonds is 4. The molecule has 0 amide bonds. The van der Waals surface area contributed by atoms with Gasteiger partial charge in [-0.05, 0) is 12.1 Å². The van der Waals surface area contributed by atoms with Crippen molar-refractivity contribution in [1.29, 1.82) is 0 Å². The summed E-state index contributed by atoms with van der Waals surface area (Å²) < 4.78 is 0. The van der Waals surface area contributed by atoms with Gasteiger partial charge < -0.3 is 0 Å². The fourth-order valence-electron chi connectivity index (χ4n) is 1.35. The van der Waals surface area contributed by atoms with Gasteiger partial charge in [-0.2, -0.15) is 0 Å². The normalized spacial score (nSPS) is 9.56. The molecule has 0 saturated heterocycles. The number of carbonyl (C=O) groups is 1. The van der Waals surface area contributed by atoms with Gasteiger partial charge in [-0.3, -0.25) is 14.9 Å². The van der Waals surface area contributed by atoms with Crippen molar-refractivity contribution >= 4 is 39.8 Å². The zero-order valence-corrected chi connectivity index (χ0v) is 11.6. The molecule has 0 fully saturated rings. The van der Waals surface area contributed by atoms with Gasteiger partial charge in [-0.15, -0.1) is 28.3 Å². The van der Waals surface area contributed by atoms with Gasteiger partial charge in [0.1, 0.15) is 5.01 Å². The largest absolute Gasteiger partial charge is 0.294 e. The molecule has 0 N–H and O–H groups in total. The van der Waals surface area contributed by atoms with E-state index in [1.807, 2.05) is 0 Å². The molecule has 0 unspecified atom stereocenters. The summed E-state index contributed by atoms with van der Waals surface area (Å²) in [4.78, 5) is 25.8. The van der Waals surface area contributed by atoms with Gasteiger partial charge in [0, 0.05) is 29.3 Å². The predicted octanol–water partition coefficient (Wildman–Crippen LogP) is 3.05. The van der Waals surface area contributed by atoms with Gasteiger partial charge in [0.05, 0.1) is 11.3 Å². The van der Waals surface area contributed by atoms with Gasteiger partial charge in [0.25, 0.3) is 5.69 Å². The van der Waals surface area contributed by atoms with E-state index in [4.69, 9.17) is 0 Å². The van der Waals surface area contributed by atoms with Crippen LogP contribution in [0.4, 0.5) is 5.69 Å². The van der Waals surface area contributed by atoms with Crippen LogP contribution in [0.25, 0.3) is 0 Å². The molecule has 18 heavy (non-hydrogen) atoms. The summed E-state index contributed by atoms with van der Waals surface area (Å²) in [6.07, 6.45) is 1.87. The minimum Gasteiger partial charge on any atom is -0.294 e. The Hall–Kier alpha value is -1.60. The Balaban J connectivity index is 0.00000162. The van der Waals surface area contributed by atoms with E-state index >= 15 is 0 Å². The zero-order chi connectivity index (χ0) is 12.3. The highest BCUT2D eigenvalue weighted by Crippen LogP contribution is 2.14. The molecular weight excluding hydrogens is 320 g/mol. The molecule has 94 valence electrons. The van der Waals surface area contributed by atoms with E-state index in [1.54, 1.807) is 11.6 Å². The summed E-state index contributed by atoms with van der Waals surface area (Å²) in [6, 6.07) is 5.59. The Morgan fingerprint density at radius 2 is 2.00 bits per heavy atom. The number of ketones is 1. The Labute approximate surface area is 117 Å². The molecule has 0 radical (unpaired) electrons. The van der Waals surface area contributed by atoms with Crippen LogP contribution in [0, 0.1) is 10.1 Å². The summed E-state index contributed by atoms with van der Waals surface area (Å²) in [5.74, 6) is -0.0881. The molecule has 7 heteroatoms. The lowest BCUT2D eigenvalue weighted by atomic mass is 10.1. The highest BCUT2D eigenvalue weighted by atomic mass is 79.9. The number of non-ortho nitro benzene ring substituents is 1. The summed E-state index contributed by atoms with van der Waals surface area (Å²) >= 11 is 1.41. The number of thiazole rings is 1. The third-order valence-corrected chi connectivity index (χ3v) is 2.97. The lowest BCUT2D eigenvalue weighted by Gasteiger charge is -1.98. The number of hydrogen-bond donors (Lipinski definition) is 0. The highest BCUT2D eigenvalue weighted by molar-refractivity contribution is 8.93. The maximum Gasteiger partial charge on any atom is 0.269 e. The van der Waals surface area contributed by atoms with Gasteiger partial charge in [-0.25, -0.2) is 4.98 Å². The minimum atomic E-state index is -0.491. The maximum absolute atomic E-state index is 11.8. The van der Waals surface area contributed by atoms with Gasteiger partial charge in [-0.1, -0.05) is 0 Å². The van der Waals surface area contributed by atoms with Gasteiger partial charge in [0.15, 0.2) is 5.78 Å². The number of halogens is 1. The molecule has 2 aromatic rings. The van der Waals surface area contributed by atoms with Crippen molar-refractivity contribution in [2.24, 2.45) is 0 Å². The second-order valence-corrected chi connectivity index (χ2v) is 4.31. The van der Waals surface area contributed by atoms with E-state index in [2.05, 4.69) is 4.98 Å².